The van der Waals surface area contributed by atoms with Gasteiger partial charge in [0.05, 0.1) is 11.6 Å². The van der Waals surface area contributed by atoms with Gasteiger partial charge in [-0.3, -0.25) is 4.79 Å². The van der Waals surface area contributed by atoms with Crippen LogP contribution in [0, 0.1) is 5.82 Å². The maximum absolute atomic E-state index is 14.0. The summed E-state index contributed by atoms with van der Waals surface area (Å²) in [6.45, 7) is 3.88. The number of carbonyl (C=O) groups is 1. The van der Waals surface area contributed by atoms with Crippen molar-refractivity contribution in [3.63, 3.8) is 0 Å². The normalized spacial score (nSPS) is 17.7. The van der Waals surface area contributed by atoms with Crippen molar-refractivity contribution in [2.75, 3.05) is 5.73 Å². The molecule has 1 atom stereocenters. The minimum atomic E-state index is -0.654. The lowest BCUT2D eigenvalue weighted by Crippen LogP contribution is -2.41. The molecule has 134 valence electrons. The average Bonchev–Trinajstić information content (AvgIpc) is 2.47. The van der Waals surface area contributed by atoms with E-state index in [2.05, 4.69) is 5.32 Å². The molecule has 7 heteroatoms. The molecule has 0 aromatic heterocycles. The molecule has 0 saturated heterocycles. The molecule has 1 aliphatic rings. The molecule has 3 rings (SSSR count). The number of anilines is 1. The van der Waals surface area contributed by atoms with Gasteiger partial charge in [0.2, 0.25) is 0 Å². The molecule has 0 fully saturated rings. The van der Waals surface area contributed by atoms with E-state index in [0.717, 1.165) is 11.6 Å². The number of nitrogens with two attached hydrogens (primary N) is 1. The molecule has 25 heavy (non-hydrogen) atoms. The Bertz CT molecular complexity index is 812. The van der Waals surface area contributed by atoms with E-state index in [9.17, 15) is 9.18 Å². The number of nitrogen functional groups attached to an aromatic ring is 1. The summed E-state index contributed by atoms with van der Waals surface area (Å²) in [6.07, 6.45) is 0.546. The Morgan fingerprint density at radius 2 is 2.04 bits per heavy atom. The molecule has 1 aliphatic heterocycles. The van der Waals surface area contributed by atoms with Gasteiger partial charge in [0.15, 0.2) is 0 Å². The first-order valence-corrected chi connectivity index (χ1v) is 7.97. The van der Waals surface area contributed by atoms with Gasteiger partial charge in [-0.15, -0.1) is 12.4 Å². The van der Waals surface area contributed by atoms with Crippen LogP contribution in [0.4, 0.5) is 10.1 Å². The molecule has 3 N–H and O–H groups in total. The van der Waals surface area contributed by atoms with Crippen LogP contribution in [0.1, 0.15) is 42.2 Å². The van der Waals surface area contributed by atoms with Crippen molar-refractivity contribution in [2.45, 2.75) is 31.9 Å². The fourth-order valence-corrected chi connectivity index (χ4v) is 3.07. The van der Waals surface area contributed by atoms with Crippen LogP contribution in [0.25, 0.3) is 0 Å². The Kier molecular flexibility index (Phi) is 5.49. The SMILES string of the molecule is CC1(C)CC(NC(=O)c2ccc(Cl)cc2F)c2cc(N)ccc2O1.Cl. The van der Waals surface area contributed by atoms with Crippen LogP contribution in [-0.4, -0.2) is 11.5 Å². The number of benzene rings is 2. The number of amides is 1. The first-order chi connectivity index (χ1) is 11.2. The highest BCUT2D eigenvalue weighted by atomic mass is 35.5. The number of rotatable bonds is 2. The van der Waals surface area contributed by atoms with Gasteiger partial charge in [0.25, 0.3) is 5.91 Å². The molecule has 0 spiro atoms. The third-order valence-corrected chi connectivity index (χ3v) is 4.21. The van der Waals surface area contributed by atoms with Gasteiger partial charge in [-0.05, 0) is 50.2 Å². The van der Waals surface area contributed by atoms with E-state index in [1.54, 1.807) is 18.2 Å². The number of halogens is 3. The second kappa shape index (κ2) is 7.10. The average molecular weight is 385 g/mol. The highest BCUT2D eigenvalue weighted by Crippen LogP contribution is 2.40. The summed E-state index contributed by atoms with van der Waals surface area (Å²) in [5, 5.41) is 3.12. The van der Waals surface area contributed by atoms with Crippen LogP contribution in [0.2, 0.25) is 5.02 Å². The third kappa shape index (κ3) is 4.17. The molecule has 4 nitrogen and oxygen atoms in total. The summed E-state index contributed by atoms with van der Waals surface area (Å²) in [5.74, 6) is -0.485. The summed E-state index contributed by atoms with van der Waals surface area (Å²) in [6, 6.07) is 8.96. The first kappa shape index (κ1) is 19.3. The summed E-state index contributed by atoms with van der Waals surface area (Å²) in [4.78, 5) is 12.5. The van der Waals surface area contributed by atoms with E-state index < -0.39 is 17.3 Å². The molecular weight excluding hydrogens is 366 g/mol. The van der Waals surface area contributed by atoms with Crippen molar-refractivity contribution in [1.29, 1.82) is 0 Å². The zero-order valence-electron chi connectivity index (χ0n) is 13.8. The van der Waals surface area contributed by atoms with Crippen LogP contribution in [0.15, 0.2) is 36.4 Å². The van der Waals surface area contributed by atoms with Crippen molar-refractivity contribution in [2.24, 2.45) is 0 Å². The van der Waals surface area contributed by atoms with E-state index in [-0.39, 0.29) is 29.0 Å². The monoisotopic (exact) mass is 384 g/mol. The van der Waals surface area contributed by atoms with Gasteiger partial charge in [-0.2, -0.15) is 0 Å². The third-order valence-electron chi connectivity index (χ3n) is 3.97. The number of fused-ring (bicyclic) bond motifs is 1. The van der Waals surface area contributed by atoms with E-state index in [1.807, 2.05) is 13.8 Å². The van der Waals surface area contributed by atoms with Gasteiger partial charge < -0.3 is 15.8 Å². The predicted octanol–water partition coefficient (Wildman–Crippen LogP) is 4.52. The highest BCUT2D eigenvalue weighted by Gasteiger charge is 2.35. The largest absolute Gasteiger partial charge is 0.487 e. The Hall–Kier alpha value is -1.98. The van der Waals surface area contributed by atoms with Gasteiger partial charge in [0.1, 0.15) is 17.2 Å². The van der Waals surface area contributed by atoms with Crippen molar-refractivity contribution in [3.8, 4) is 5.75 Å². The fraction of sp³-hybridized carbons (Fsp3) is 0.278. The molecule has 1 amide bonds. The van der Waals surface area contributed by atoms with Crippen LogP contribution in [0.3, 0.4) is 0 Å². The Morgan fingerprint density at radius 3 is 2.72 bits per heavy atom. The van der Waals surface area contributed by atoms with Crippen LogP contribution < -0.4 is 15.8 Å². The lowest BCUT2D eigenvalue weighted by molar-refractivity contribution is 0.0619. The van der Waals surface area contributed by atoms with Crippen molar-refractivity contribution < 1.29 is 13.9 Å². The van der Waals surface area contributed by atoms with Crippen LogP contribution >= 0.6 is 24.0 Å². The number of carbonyl (C=O) groups excluding carboxylic acids is 1. The molecule has 2 aromatic carbocycles. The number of ether oxygens (including phenoxy) is 1. The summed E-state index contributed by atoms with van der Waals surface area (Å²) in [7, 11) is 0. The molecule has 2 aromatic rings. The molecule has 0 aliphatic carbocycles. The molecular formula is C18H19Cl2FN2O2. The minimum Gasteiger partial charge on any atom is -0.487 e. The van der Waals surface area contributed by atoms with Gasteiger partial charge in [-0.1, -0.05) is 11.6 Å². The second-order valence-electron chi connectivity index (χ2n) is 6.51. The number of hydrogen-bond donors (Lipinski definition) is 2. The smallest absolute Gasteiger partial charge is 0.254 e. The first-order valence-electron chi connectivity index (χ1n) is 7.59. The molecule has 1 unspecified atom stereocenters. The minimum absolute atomic E-state index is 0. The van der Waals surface area contributed by atoms with Gasteiger partial charge >= 0.3 is 0 Å². The standard InChI is InChI=1S/C18H18ClFN2O2.ClH/c1-18(2)9-15(13-8-11(21)4-6-16(13)24-18)22-17(23)12-5-3-10(19)7-14(12)20;/h3-8,15H,9,21H2,1-2H3,(H,22,23);1H. The maximum atomic E-state index is 14.0. The lowest BCUT2D eigenvalue weighted by atomic mass is 9.89. The molecule has 1 heterocycles. The quantitative estimate of drug-likeness (QED) is 0.748. The molecule has 0 bridgehead atoms. The maximum Gasteiger partial charge on any atom is 0.254 e. The van der Waals surface area contributed by atoms with Crippen molar-refractivity contribution in [3.05, 3.63) is 58.4 Å². The second-order valence-corrected chi connectivity index (χ2v) is 6.95. The molecule has 0 radical (unpaired) electrons. The Morgan fingerprint density at radius 1 is 1.32 bits per heavy atom. The van der Waals surface area contributed by atoms with Crippen LogP contribution in [-0.2, 0) is 0 Å². The van der Waals surface area contributed by atoms with E-state index in [0.29, 0.717) is 17.9 Å². The van der Waals surface area contributed by atoms with E-state index >= 15 is 0 Å². The zero-order chi connectivity index (χ0) is 17.5. The topological polar surface area (TPSA) is 64.4 Å². The highest BCUT2D eigenvalue weighted by molar-refractivity contribution is 6.30. The number of nitrogens with one attached hydrogen (secondary N) is 1. The fourth-order valence-electron chi connectivity index (χ4n) is 2.91. The van der Waals surface area contributed by atoms with Crippen molar-refractivity contribution >= 4 is 35.6 Å². The summed E-state index contributed by atoms with van der Waals surface area (Å²) >= 11 is 5.73. The van der Waals surface area contributed by atoms with E-state index in [4.69, 9.17) is 22.1 Å². The lowest BCUT2D eigenvalue weighted by Gasteiger charge is -2.38. The summed E-state index contributed by atoms with van der Waals surface area (Å²) < 4.78 is 19.9. The predicted molar refractivity (Wildman–Crippen MR) is 99.0 cm³/mol. The van der Waals surface area contributed by atoms with Gasteiger partial charge in [0, 0.05) is 22.7 Å². The summed E-state index contributed by atoms with van der Waals surface area (Å²) in [5.41, 5.74) is 6.71. The number of hydrogen-bond acceptors (Lipinski definition) is 3. The Labute approximate surface area is 156 Å². The van der Waals surface area contributed by atoms with Crippen molar-refractivity contribution in [1.82, 2.24) is 5.32 Å². The van der Waals surface area contributed by atoms with Gasteiger partial charge in [-0.25, -0.2) is 4.39 Å². The van der Waals surface area contributed by atoms with Crippen LogP contribution in [0.5, 0.6) is 5.75 Å². The van der Waals surface area contributed by atoms with E-state index in [1.165, 1.54) is 12.1 Å². The zero-order valence-corrected chi connectivity index (χ0v) is 15.4. The Balaban J connectivity index is 0.00000225. The molecule has 0 saturated carbocycles.